The molecule has 1 N–H and O–H groups in total. The fraction of sp³-hybridized carbons (Fsp3) is 0.464. The van der Waals surface area contributed by atoms with Crippen molar-refractivity contribution in [3.8, 4) is 28.8 Å². The van der Waals surface area contributed by atoms with Crippen molar-refractivity contribution in [2.75, 3.05) is 13.7 Å². The highest BCUT2D eigenvalue weighted by Gasteiger charge is 2.56. The average Bonchev–Trinajstić information content (AvgIpc) is 3.25. The Morgan fingerprint density at radius 2 is 1.81 bits per heavy atom. The van der Waals surface area contributed by atoms with Gasteiger partial charge in [-0.3, -0.25) is 9.48 Å². The average molecular weight is 588 g/mol. The van der Waals surface area contributed by atoms with Gasteiger partial charge < -0.3 is 24.1 Å². The van der Waals surface area contributed by atoms with Crippen molar-refractivity contribution in [1.82, 2.24) is 15.1 Å². The minimum absolute atomic E-state index is 0.134. The molecule has 2 fully saturated rings. The Kier molecular flexibility index (Phi) is 7.18. The van der Waals surface area contributed by atoms with E-state index in [1.807, 2.05) is 27.7 Å². The molecule has 1 saturated carbocycles. The van der Waals surface area contributed by atoms with Gasteiger partial charge in [0.1, 0.15) is 17.1 Å². The van der Waals surface area contributed by atoms with Crippen molar-refractivity contribution in [3.63, 3.8) is 0 Å². The summed E-state index contributed by atoms with van der Waals surface area (Å²) in [4.78, 5) is 13.0. The number of methoxy groups -OCH3 is 1. The first-order valence-corrected chi connectivity index (χ1v) is 13.2. The van der Waals surface area contributed by atoms with Crippen LogP contribution in [0.2, 0.25) is 0 Å². The lowest BCUT2D eigenvalue weighted by molar-refractivity contribution is -0.0502. The zero-order valence-electron chi connectivity index (χ0n) is 23.9. The fourth-order valence-corrected chi connectivity index (χ4v) is 4.98. The summed E-state index contributed by atoms with van der Waals surface area (Å²) in [6.45, 7) is 4.00. The molecule has 1 saturated heterocycles. The number of nitrogens with one attached hydrogen (secondary N) is 1. The summed E-state index contributed by atoms with van der Waals surface area (Å²) in [5.74, 6) is -5.47. The maximum atomic E-state index is 13.5. The molecule has 3 aromatic rings. The molecule has 5 rings (SSSR count). The molecule has 0 spiro atoms. The van der Waals surface area contributed by atoms with E-state index in [4.69, 9.17) is 18.8 Å². The van der Waals surface area contributed by atoms with Crippen molar-refractivity contribution in [3.05, 3.63) is 35.4 Å². The molecular formula is C28H29BF4N4O5. The first-order valence-electron chi connectivity index (χ1n) is 13.2. The van der Waals surface area contributed by atoms with Gasteiger partial charge in [-0.15, -0.1) is 0 Å². The molecule has 1 amide bonds. The van der Waals surface area contributed by atoms with E-state index in [1.165, 1.54) is 23.9 Å². The monoisotopic (exact) mass is 588 g/mol. The zero-order chi connectivity index (χ0) is 30.8. The Hall–Kier alpha value is -3.83. The number of carbonyl (C=O) groups is 1. The highest BCUT2D eigenvalue weighted by atomic mass is 19.3. The zero-order valence-corrected chi connectivity index (χ0v) is 23.9. The summed E-state index contributed by atoms with van der Waals surface area (Å²) < 4.78 is 77.4. The molecule has 1 aliphatic heterocycles. The van der Waals surface area contributed by atoms with E-state index in [9.17, 15) is 27.6 Å². The van der Waals surface area contributed by atoms with Crippen LogP contribution in [0.25, 0.3) is 22.2 Å². The molecule has 1 aliphatic carbocycles. The molecule has 0 unspecified atom stereocenters. The largest absolute Gasteiger partial charge is 0.496 e. The number of nitriles is 1. The smallest absolute Gasteiger partial charge is 0.494 e. The van der Waals surface area contributed by atoms with Crippen molar-refractivity contribution in [1.29, 1.82) is 5.26 Å². The summed E-state index contributed by atoms with van der Waals surface area (Å²) in [6.07, 6.45) is -0.366. The molecule has 0 bridgehead atoms. The van der Waals surface area contributed by atoms with Crippen LogP contribution < -0.4 is 20.3 Å². The first kappa shape index (κ1) is 29.7. The van der Waals surface area contributed by atoms with Crippen LogP contribution >= 0.6 is 0 Å². The van der Waals surface area contributed by atoms with Gasteiger partial charge in [0.2, 0.25) is 0 Å². The summed E-state index contributed by atoms with van der Waals surface area (Å²) in [6, 6.07) is 8.14. The minimum Gasteiger partial charge on any atom is -0.496 e. The predicted octanol–water partition coefficient (Wildman–Crippen LogP) is 4.41. The molecule has 2 heterocycles. The molecule has 222 valence electrons. The van der Waals surface area contributed by atoms with Crippen molar-refractivity contribution < 1.29 is 41.1 Å². The normalized spacial score (nSPS) is 20.0. The second-order valence-electron chi connectivity index (χ2n) is 11.4. The van der Waals surface area contributed by atoms with Crippen LogP contribution in [0.4, 0.5) is 17.6 Å². The molecule has 0 radical (unpaired) electrons. The van der Waals surface area contributed by atoms with Gasteiger partial charge in [0, 0.05) is 36.9 Å². The van der Waals surface area contributed by atoms with Crippen LogP contribution in [-0.4, -0.2) is 60.2 Å². The molecule has 2 aromatic carbocycles. The van der Waals surface area contributed by atoms with Crippen LogP contribution in [0.3, 0.4) is 0 Å². The van der Waals surface area contributed by atoms with Crippen molar-refractivity contribution in [2.24, 2.45) is 13.0 Å². The predicted molar refractivity (Wildman–Crippen MR) is 145 cm³/mol. The molecule has 1 atom stereocenters. The van der Waals surface area contributed by atoms with Crippen LogP contribution in [0, 0.1) is 17.2 Å². The summed E-state index contributed by atoms with van der Waals surface area (Å²) in [5.41, 5.74) is 0.249. The lowest BCUT2D eigenvalue weighted by Crippen LogP contribution is -2.41. The van der Waals surface area contributed by atoms with Gasteiger partial charge in [-0.2, -0.15) is 19.1 Å². The Balaban J connectivity index is 1.59. The van der Waals surface area contributed by atoms with E-state index in [0.717, 1.165) is 0 Å². The molecule has 42 heavy (non-hydrogen) atoms. The summed E-state index contributed by atoms with van der Waals surface area (Å²) in [5, 5.41) is 17.4. The maximum Gasteiger partial charge on any atom is 0.494 e. The molecule has 14 heteroatoms. The van der Waals surface area contributed by atoms with Gasteiger partial charge in [0.15, 0.2) is 0 Å². The number of halogens is 4. The van der Waals surface area contributed by atoms with Gasteiger partial charge in [-0.1, -0.05) is 0 Å². The number of rotatable bonds is 8. The Morgan fingerprint density at radius 3 is 2.36 bits per heavy atom. The van der Waals surface area contributed by atoms with Gasteiger partial charge in [0.05, 0.1) is 41.2 Å². The lowest BCUT2D eigenvalue weighted by Gasteiger charge is -2.32. The van der Waals surface area contributed by atoms with Gasteiger partial charge in [-0.05, 0) is 57.4 Å². The maximum absolute atomic E-state index is 13.5. The van der Waals surface area contributed by atoms with Crippen LogP contribution in [-0.2, 0) is 16.4 Å². The number of benzene rings is 2. The number of hydrogen-bond donors (Lipinski definition) is 1. The number of amides is 1. The van der Waals surface area contributed by atoms with E-state index in [2.05, 4.69) is 16.5 Å². The first-order chi connectivity index (χ1) is 19.6. The molecule has 2 aliphatic rings. The molecule has 1 aromatic heterocycles. The van der Waals surface area contributed by atoms with Crippen LogP contribution in [0.5, 0.6) is 11.5 Å². The van der Waals surface area contributed by atoms with Crippen molar-refractivity contribution >= 4 is 29.4 Å². The number of hydrogen-bond acceptors (Lipinski definition) is 7. The summed E-state index contributed by atoms with van der Waals surface area (Å²) >= 11 is 0. The Labute approximate surface area is 239 Å². The fourth-order valence-electron chi connectivity index (χ4n) is 4.98. The third kappa shape index (κ3) is 5.16. The number of nitrogens with zero attached hydrogens (tertiary/aromatic N) is 3. The topological polar surface area (TPSA) is 108 Å². The lowest BCUT2D eigenvalue weighted by atomic mass is 9.77. The van der Waals surface area contributed by atoms with E-state index < -0.39 is 48.4 Å². The van der Waals surface area contributed by atoms with E-state index in [0.29, 0.717) is 22.1 Å². The number of ether oxygens (including phenoxy) is 2. The Bertz CT molecular complexity index is 1600. The van der Waals surface area contributed by atoms with E-state index in [1.54, 1.807) is 19.2 Å². The quantitative estimate of drug-likeness (QED) is 0.307. The SMILES string of the molecule is COc1cc(-c2c3c(C#N)cc(B4OC(C)(C)C(C)(C)O4)cc3nn2C)cc(OC(F)F)c1C(=O)NC[C@H]1CC1(F)F. The highest BCUT2D eigenvalue weighted by Crippen LogP contribution is 2.48. The van der Waals surface area contributed by atoms with Crippen LogP contribution in [0.1, 0.15) is 50.0 Å². The van der Waals surface area contributed by atoms with Crippen molar-refractivity contribution in [2.45, 2.75) is 57.9 Å². The van der Waals surface area contributed by atoms with E-state index in [-0.39, 0.29) is 35.4 Å². The standard InChI is InChI=1S/C28H29BF4N4O5/c1-26(2)27(3,4)42-29(41-26)17-7-15(12-34)21-18(10-17)36-37(5)23(21)14-8-19(39-6)22(20(9-14)40-25(30)31)24(38)35-13-16-11-28(16,32)33/h7-10,16,25H,11,13H2,1-6H3,(H,35,38)/t16-/m1/s1. The molecule has 9 nitrogen and oxygen atoms in total. The third-order valence-electron chi connectivity index (χ3n) is 8.07. The Morgan fingerprint density at radius 1 is 1.19 bits per heavy atom. The number of aromatic nitrogens is 2. The number of alkyl halides is 4. The number of aryl methyl sites for hydroxylation is 1. The number of carbonyl (C=O) groups excluding carboxylic acids is 1. The second kappa shape index (κ2) is 10.2. The van der Waals surface area contributed by atoms with Gasteiger partial charge >= 0.3 is 13.7 Å². The van der Waals surface area contributed by atoms with Gasteiger partial charge in [0.25, 0.3) is 11.8 Å². The molecular weight excluding hydrogens is 559 g/mol. The highest BCUT2D eigenvalue weighted by molar-refractivity contribution is 6.62. The van der Waals surface area contributed by atoms with Gasteiger partial charge in [-0.25, -0.2) is 8.78 Å². The second-order valence-corrected chi connectivity index (χ2v) is 11.4. The van der Waals surface area contributed by atoms with Crippen LogP contribution in [0.15, 0.2) is 24.3 Å². The number of fused-ring (bicyclic) bond motifs is 1. The summed E-state index contributed by atoms with van der Waals surface area (Å²) in [7, 11) is 2.09. The third-order valence-corrected chi connectivity index (χ3v) is 8.07. The minimum atomic E-state index is -3.30. The van der Waals surface area contributed by atoms with E-state index >= 15 is 0 Å².